The molecule has 8 atom stereocenters. The molecule has 3 heterocycles. The van der Waals surface area contributed by atoms with Gasteiger partial charge in [0.05, 0.1) is 46.1 Å². The SMILES string of the molecule is CC(C)[C@H](NC(=O)C(C)(C)/C=C/c1ccc2ccc([C@@H](C)O)cc2c1)C(=O)N[C@@H](C)C(=O)N1CCC[C@@H](C(=O)OCC(Cl)(Cl)Cl)C1.CC(C)[C@H](NC(=O)OC(C)(C)C)C(=O)N[C@@H](C)C(=O)N1CCC[C@@H](C(=O)OCC(Cl)(Cl)Cl)C1.C[C@@H](O)c1ccc2ccc(/C=C/C(C)(C)C(=O)O)cc2n1. The second kappa shape index (κ2) is 37.6. The second-order valence-electron chi connectivity index (χ2n) is 28.0. The summed E-state index contributed by atoms with van der Waals surface area (Å²) < 4.78 is 11.9. The third kappa shape index (κ3) is 28.4. The van der Waals surface area contributed by atoms with Gasteiger partial charge in [0.2, 0.25) is 37.1 Å². The fourth-order valence-corrected chi connectivity index (χ4v) is 10.6. The number of carbonyl (C=O) groups excluding carboxylic acids is 8. The van der Waals surface area contributed by atoms with Crippen LogP contribution >= 0.6 is 69.6 Å². The van der Waals surface area contributed by atoms with Gasteiger partial charge < -0.3 is 60.6 Å². The van der Waals surface area contributed by atoms with Gasteiger partial charge in [-0.3, -0.25) is 43.3 Å². The molecular formula is C72H97Cl6N7O15. The standard InChI is InChI=1S/C34H44Cl3N3O6.C21H34Cl3N3O6.C17H19NO3/c1-20(2)28(29(42)38-21(3)30(43)40-15-7-8-26(18-40)31(44)46-19-34(35,36)37)39-32(45)33(5,6)14-13-23-9-10-24-11-12-25(22(4)41)17-27(24)16-23;1-12(2)15(26-19(31)33-20(4,5)6)16(28)25-13(3)17(29)27-9-7-8-14(10-27)18(30)32-11-21(22,23)24;1-11(19)14-7-6-13-5-4-12(10-15(13)18-14)8-9-17(2,3)16(20)21/h9-14,16-17,20-22,26,28,41H,7-8,15,18-19H2,1-6H3,(H,38,42)(H,39,45);12-15H,7-11H2,1-6H3,(H,25,28)(H,26,31);4-11,19H,1-3H3,(H,20,21)/b14-13+;;9-8+/t21-,22+,26+,28-;13-,14+,15-;11-/m001/s1. The molecule has 28 heteroatoms. The molecule has 0 radical (unpaired) electrons. The smallest absolute Gasteiger partial charge is 0.408 e. The van der Waals surface area contributed by atoms with Crippen LogP contribution in [0.2, 0.25) is 0 Å². The number of nitrogens with zero attached hydrogens (tertiary/aromatic N) is 3. The Kier molecular flexibility index (Phi) is 32.3. The predicted octanol–water partition coefficient (Wildman–Crippen LogP) is 12.3. The maximum atomic E-state index is 13.4. The molecule has 4 aromatic rings. The fraction of sp³-hybridized carbons (Fsp3) is 0.556. The number of carbonyl (C=O) groups is 9. The van der Waals surface area contributed by atoms with Crippen molar-refractivity contribution in [1.29, 1.82) is 0 Å². The highest BCUT2D eigenvalue weighted by Crippen LogP contribution is 2.31. The highest BCUT2D eigenvalue weighted by Gasteiger charge is 2.38. The zero-order chi connectivity index (χ0) is 75.6. The number of alkyl halides is 6. The number of alkyl carbamates (subject to hydrolysis) is 1. The summed E-state index contributed by atoms with van der Waals surface area (Å²) in [6, 6.07) is 17.6. The Hall–Kier alpha value is -6.50. The minimum atomic E-state index is -1.73. The molecule has 6 amide bonds. The van der Waals surface area contributed by atoms with Gasteiger partial charge in [0.25, 0.3) is 0 Å². The molecule has 0 saturated carbocycles. The first-order valence-electron chi connectivity index (χ1n) is 33.1. The number of aromatic nitrogens is 1. The van der Waals surface area contributed by atoms with Crippen LogP contribution in [0, 0.1) is 34.5 Å². The first kappa shape index (κ1) is 85.9. The summed E-state index contributed by atoms with van der Waals surface area (Å²) in [6.07, 6.45) is 7.42. The molecule has 100 heavy (non-hydrogen) atoms. The molecule has 2 saturated heterocycles. The molecule has 6 rings (SSSR count). The number of benzene rings is 3. The second-order valence-corrected chi connectivity index (χ2v) is 33.1. The molecule has 0 spiro atoms. The number of likely N-dealkylation sites (tertiary alicyclic amines) is 2. The number of pyridine rings is 1. The third-order valence-corrected chi connectivity index (χ3v) is 16.9. The number of rotatable bonds is 22. The van der Waals surface area contributed by atoms with Gasteiger partial charge in [-0.1, -0.05) is 164 Å². The van der Waals surface area contributed by atoms with E-state index in [2.05, 4.69) is 26.3 Å². The van der Waals surface area contributed by atoms with Gasteiger partial charge in [0.1, 0.15) is 43.0 Å². The molecule has 2 fully saturated rings. The van der Waals surface area contributed by atoms with Crippen LogP contribution < -0.4 is 21.3 Å². The van der Waals surface area contributed by atoms with Gasteiger partial charge in [-0.2, -0.15) is 0 Å². The molecule has 7 N–H and O–H groups in total. The maximum Gasteiger partial charge on any atom is 0.408 e. The number of hydrogen-bond donors (Lipinski definition) is 7. The molecular weight excluding hydrogens is 1420 g/mol. The van der Waals surface area contributed by atoms with Crippen molar-refractivity contribution in [3.8, 4) is 0 Å². The summed E-state index contributed by atoms with van der Waals surface area (Å²) in [4.78, 5) is 121. The van der Waals surface area contributed by atoms with Crippen LogP contribution in [0.5, 0.6) is 0 Å². The van der Waals surface area contributed by atoms with Crippen LogP contribution in [0.25, 0.3) is 33.8 Å². The van der Waals surface area contributed by atoms with Gasteiger partial charge in [0.15, 0.2) is 0 Å². The fourth-order valence-electron chi connectivity index (χ4n) is 10.3. The number of fused-ring (bicyclic) bond motifs is 2. The van der Waals surface area contributed by atoms with Crippen LogP contribution in [0.4, 0.5) is 4.79 Å². The van der Waals surface area contributed by atoms with Gasteiger partial charge in [-0.25, -0.2) is 4.79 Å². The number of carboxylic acid groups (broad SMARTS) is 1. The van der Waals surface area contributed by atoms with E-state index in [-0.39, 0.29) is 49.3 Å². The Morgan fingerprint density at radius 2 is 1.00 bits per heavy atom. The van der Waals surface area contributed by atoms with Gasteiger partial charge >= 0.3 is 24.0 Å². The van der Waals surface area contributed by atoms with E-state index < -0.39 is 115 Å². The lowest BCUT2D eigenvalue weighted by atomic mass is 9.89. The first-order valence-corrected chi connectivity index (χ1v) is 35.3. The molecule has 2 aliphatic heterocycles. The number of nitrogens with one attached hydrogen (secondary N) is 4. The first-order chi connectivity index (χ1) is 46.2. The summed E-state index contributed by atoms with van der Waals surface area (Å²) in [5.74, 6) is -5.61. The van der Waals surface area contributed by atoms with Gasteiger partial charge in [0, 0.05) is 31.6 Å². The molecule has 0 aliphatic carbocycles. The number of carboxylic acids is 1. The number of amides is 6. The van der Waals surface area contributed by atoms with E-state index in [0.29, 0.717) is 44.5 Å². The van der Waals surface area contributed by atoms with E-state index in [0.717, 1.165) is 38.4 Å². The summed E-state index contributed by atoms with van der Waals surface area (Å²) in [5, 5.41) is 42.4. The average molecular weight is 1510 g/mol. The van der Waals surface area contributed by atoms with Gasteiger partial charge in [-0.05, 0) is 165 Å². The van der Waals surface area contributed by atoms with Crippen LogP contribution in [0.1, 0.15) is 164 Å². The van der Waals surface area contributed by atoms with Crippen molar-refractivity contribution < 1.29 is 72.7 Å². The van der Waals surface area contributed by atoms with Crippen molar-refractivity contribution in [3.63, 3.8) is 0 Å². The molecule has 1 aromatic heterocycles. The van der Waals surface area contributed by atoms with E-state index in [4.69, 9.17) is 88.9 Å². The quantitative estimate of drug-likeness (QED) is 0.0218. The Morgan fingerprint density at radius 1 is 0.560 bits per heavy atom. The highest BCUT2D eigenvalue weighted by molar-refractivity contribution is 6.68. The average Bonchev–Trinajstić information content (AvgIpc) is 0.852. The number of halogens is 6. The minimum Gasteiger partial charge on any atom is -0.481 e. The Labute approximate surface area is 616 Å². The van der Waals surface area contributed by atoms with Crippen LogP contribution in [0.3, 0.4) is 0 Å². The number of piperidine rings is 2. The lowest BCUT2D eigenvalue weighted by Gasteiger charge is -2.34. The van der Waals surface area contributed by atoms with E-state index in [1.165, 1.54) is 9.80 Å². The summed E-state index contributed by atoms with van der Waals surface area (Å²) in [5.41, 5.74) is 1.41. The number of hydrogen-bond acceptors (Lipinski definition) is 15. The molecule has 2 aliphatic rings. The predicted molar refractivity (Wildman–Crippen MR) is 391 cm³/mol. The lowest BCUT2D eigenvalue weighted by Crippen LogP contribution is -2.57. The highest BCUT2D eigenvalue weighted by atomic mass is 35.6. The van der Waals surface area contributed by atoms with E-state index in [1.54, 1.807) is 114 Å². The van der Waals surface area contributed by atoms with Crippen molar-refractivity contribution in [2.75, 3.05) is 39.4 Å². The summed E-state index contributed by atoms with van der Waals surface area (Å²) in [7, 11) is 0. The van der Waals surface area contributed by atoms with Gasteiger partial charge in [-0.15, -0.1) is 0 Å². The lowest BCUT2D eigenvalue weighted by molar-refractivity contribution is -0.153. The summed E-state index contributed by atoms with van der Waals surface area (Å²) in [6.45, 7) is 26.0. The normalized spacial score (nSPS) is 17.3. The van der Waals surface area contributed by atoms with Crippen molar-refractivity contribution in [1.82, 2.24) is 36.1 Å². The summed E-state index contributed by atoms with van der Waals surface area (Å²) >= 11 is 33.9. The van der Waals surface area contributed by atoms with Crippen molar-refractivity contribution in [2.24, 2.45) is 34.5 Å². The largest absolute Gasteiger partial charge is 0.481 e. The molecule has 0 bridgehead atoms. The van der Waals surface area contributed by atoms with Crippen molar-refractivity contribution in [2.45, 2.75) is 179 Å². The molecule has 3 aromatic carbocycles. The number of aliphatic hydroxyl groups excluding tert-OH is 2. The molecule has 0 unspecified atom stereocenters. The maximum absolute atomic E-state index is 13.4. The number of aliphatic carboxylic acids is 1. The van der Waals surface area contributed by atoms with E-state index >= 15 is 0 Å². The topological polar surface area (TPSA) is 309 Å². The Bertz CT molecular complexity index is 3580. The zero-order valence-electron chi connectivity index (χ0n) is 59.4. The monoisotopic (exact) mass is 1510 g/mol. The molecule has 22 nitrogen and oxygen atoms in total. The van der Waals surface area contributed by atoms with Crippen LogP contribution in [-0.4, -0.2) is 160 Å². The van der Waals surface area contributed by atoms with Crippen molar-refractivity contribution >= 4 is 157 Å². The Morgan fingerprint density at radius 3 is 1.44 bits per heavy atom. The Balaban J connectivity index is 0.000000342. The third-order valence-electron chi connectivity index (χ3n) is 16.3. The molecule has 552 valence electrons. The van der Waals surface area contributed by atoms with Crippen molar-refractivity contribution in [3.05, 3.63) is 101 Å². The zero-order valence-corrected chi connectivity index (χ0v) is 63.9. The number of aliphatic hydroxyl groups is 2. The van der Waals surface area contributed by atoms with E-state index in [1.807, 2.05) is 80.6 Å². The van der Waals surface area contributed by atoms with E-state index in [9.17, 15) is 53.4 Å². The minimum absolute atomic E-state index is 0.127. The number of ether oxygens (including phenoxy) is 3. The van der Waals surface area contributed by atoms with Crippen LogP contribution in [0.15, 0.2) is 78.9 Å². The number of esters is 2. The van der Waals surface area contributed by atoms with Crippen LogP contribution in [-0.2, 0) is 52.6 Å².